The number of carbonyl (C=O) groups is 1. The second-order valence-electron chi connectivity index (χ2n) is 3.72. The van der Waals surface area contributed by atoms with Crippen molar-refractivity contribution in [2.45, 2.75) is 26.5 Å². The number of nitrogens with zero attached hydrogens (tertiary/aromatic N) is 1. The Kier molecular flexibility index (Phi) is 3.06. The van der Waals surface area contributed by atoms with E-state index in [1.165, 1.54) is 0 Å². The molecule has 0 atom stereocenters. The maximum atomic E-state index is 11.7. The quantitative estimate of drug-likeness (QED) is 0.810. The summed E-state index contributed by atoms with van der Waals surface area (Å²) in [5.74, 6) is 0.0127. The van der Waals surface area contributed by atoms with Crippen LogP contribution in [0.5, 0.6) is 0 Å². The lowest BCUT2D eigenvalue weighted by Crippen LogP contribution is -2.23. The lowest BCUT2D eigenvalue weighted by Gasteiger charge is -2.14. The molecule has 2 rings (SSSR count). The maximum absolute atomic E-state index is 11.7. The molecule has 0 aliphatic carbocycles. The van der Waals surface area contributed by atoms with Gasteiger partial charge >= 0.3 is 0 Å². The summed E-state index contributed by atoms with van der Waals surface area (Å²) < 4.78 is 7.41. The number of nitrogens with one attached hydrogen (secondary N) is 1. The number of fused-ring (bicyclic) bond motifs is 1. The molecule has 0 saturated heterocycles. The fourth-order valence-corrected chi connectivity index (χ4v) is 1.69. The molecule has 82 valence electrons. The first kappa shape index (κ1) is 10.2. The lowest BCUT2D eigenvalue weighted by atomic mass is 10.3. The zero-order chi connectivity index (χ0) is 10.7. The highest BCUT2D eigenvalue weighted by atomic mass is 16.5. The fourth-order valence-electron chi connectivity index (χ4n) is 1.69. The third-order valence-corrected chi connectivity index (χ3v) is 2.51. The van der Waals surface area contributed by atoms with Gasteiger partial charge in [-0.1, -0.05) is 6.92 Å². The van der Waals surface area contributed by atoms with Crippen molar-refractivity contribution in [1.82, 2.24) is 9.88 Å². The molecule has 2 heterocycles. The Morgan fingerprint density at radius 1 is 1.67 bits per heavy atom. The summed E-state index contributed by atoms with van der Waals surface area (Å²) >= 11 is 0. The molecule has 0 bridgehead atoms. The molecule has 0 aromatic carbocycles. The molecular formula is C11H16N2O2. The summed E-state index contributed by atoms with van der Waals surface area (Å²) in [4.78, 5) is 11.7. The van der Waals surface area contributed by atoms with Gasteiger partial charge < -0.3 is 14.6 Å². The van der Waals surface area contributed by atoms with Gasteiger partial charge in [-0.05, 0) is 12.5 Å². The molecule has 1 aromatic rings. The Labute approximate surface area is 89.2 Å². The van der Waals surface area contributed by atoms with Gasteiger partial charge in [-0.25, -0.2) is 0 Å². The van der Waals surface area contributed by atoms with Crippen LogP contribution in [0, 0.1) is 0 Å². The van der Waals surface area contributed by atoms with E-state index in [2.05, 4.69) is 9.88 Å². The highest BCUT2D eigenvalue weighted by Gasteiger charge is 2.14. The van der Waals surface area contributed by atoms with Gasteiger partial charge in [-0.3, -0.25) is 4.79 Å². The van der Waals surface area contributed by atoms with Crippen LogP contribution in [-0.2, 0) is 17.9 Å². The summed E-state index contributed by atoms with van der Waals surface area (Å²) in [5.41, 5.74) is 1.83. The number of rotatable bonds is 3. The van der Waals surface area contributed by atoms with E-state index in [-0.39, 0.29) is 5.91 Å². The van der Waals surface area contributed by atoms with Crippen LogP contribution < -0.4 is 5.32 Å². The topological polar surface area (TPSA) is 43.3 Å². The molecule has 15 heavy (non-hydrogen) atoms. The van der Waals surface area contributed by atoms with E-state index in [4.69, 9.17) is 4.74 Å². The molecule has 0 unspecified atom stereocenters. The number of hydrogen-bond acceptors (Lipinski definition) is 2. The SMILES string of the molecule is CCCNC(=O)c1cc2n(c1)CCOC2. The van der Waals surface area contributed by atoms with Crippen molar-refractivity contribution in [1.29, 1.82) is 0 Å². The van der Waals surface area contributed by atoms with Crippen molar-refractivity contribution in [3.8, 4) is 0 Å². The van der Waals surface area contributed by atoms with E-state index in [0.29, 0.717) is 6.61 Å². The first-order valence-corrected chi connectivity index (χ1v) is 5.36. The molecule has 1 aliphatic rings. The Bertz CT molecular complexity index is 334. The minimum Gasteiger partial charge on any atom is -0.373 e. The van der Waals surface area contributed by atoms with Crippen molar-refractivity contribution in [3.05, 3.63) is 23.5 Å². The Hall–Kier alpha value is -1.29. The van der Waals surface area contributed by atoms with E-state index in [1.807, 2.05) is 19.2 Å². The number of hydrogen-bond donors (Lipinski definition) is 1. The predicted octanol–water partition coefficient (Wildman–Crippen LogP) is 1.16. The van der Waals surface area contributed by atoms with Crippen molar-refractivity contribution in [3.63, 3.8) is 0 Å². The average molecular weight is 208 g/mol. The minimum absolute atomic E-state index is 0.0127. The van der Waals surface area contributed by atoms with E-state index < -0.39 is 0 Å². The lowest BCUT2D eigenvalue weighted by molar-refractivity contribution is 0.0850. The molecule has 4 heteroatoms. The summed E-state index contributed by atoms with van der Waals surface area (Å²) in [6.45, 7) is 4.96. The van der Waals surface area contributed by atoms with Crippen LogP contribution in [0.15, 0.2) is 12.3 Å². The molecular weight excluding hydrogens is 192 g/mol. The zero-order valence-electron chi connectivity index (χ0n) is 8.95. The van der Waals surface area contributed by atoms with Crippen LogP contribution in [0.2, 0.25) is 0 Å². The van der Waals surface area contributed by atoms with Crippen molar-refractivity contribution in [2.24, 2.45) is 0 Å². The third kappa shape index (κ3) is 2.21. The Morgan fingerprint density at radius 3 is 3.27 bits per heavy atom. The van der Waals surface area contributed by atoms with Crippen LogP contribution in [0.3, 0.4) is 0 Å². The molecule has 1 amide bonds. The third-order valence-electron chi connectivity index (χ3n) is 2.51. The van der Waals surface area contributed by atoms with Gasteiger partial charge in [0.1, 0.15) is 0 Å². The van der Waals surface area contributed by atoms with Crippen LogP contribution in [0.1, 0.15) is 29.4 Å². The van der Waals surface area contributed by atoms with Gasteiger partial charge in [0, 0.05) is 25.0 Å². The second-order valence-corrected chi connectivity index (χ2v) is 3.72. The number of carbonyl (C=O) groups excluding carboxylic acids is 1. The van der Waals surface area contributed by atoms with Gasteiger partial charge in [0.25, 0.3) is 5.91 Å². The van der Waals surface area contributed by atoms with E-state index in [9.17, 15) is 4.79 Å². The van der Waals surface area contributed by atoms with Crippen LogP contribution in [0.4, 0.5) is 0 Å². The van der Waals surface area contributed by atoms with Gasteiger partial charge in [-0.2, -0.15) is 0 Å². The molecule has 1 aliphatic heterocycles. The summed E-state index contributed by atoms with van der Waals surface area (Å²) in [5, 5.41) is 2.86. The molecule has 4 nitrogen and oxygen atoms in total. The first-order valence-electron chi connectivity index (χ1n) is 5.36. The first-order chi connectivity index (χ1) is 7.31. The van der Waals surface area contributed by atoms with E-state index in [0.717, 1.165) is 37.4 Å². The molecule has 0 radical (unpaired) electrons. The molecule has 1 aromatic heterocycles. The maximum Gasteiger partial charge on any atom is 0.252 e. The number of aromatic nitrogens is 1. The second kappa shape index (κ2) is 4.49. The van der Waals surface area contributed by atoms with Gasteiger partial charge in [-0.15, -0.1) is 0 Å². The standard InChI is InChI=1S/C11H16N2O2/c1-2-3-12-11(14)9-6-10-8-15-5-4-13(10)7-9/h6-7H,2-5,8H2,1H3,(H,12,14). The highest BCUT2D eigenvalue weighted by Crippen LogP contribution is 2.13. The molecule has 0 spiro atoms. The van der Waals surface area contributed by atoms with Gasteiger partial charge in [0.05, 0.1) is 18.8 Å². The summed E-state index contributed by atoms with van der Waals surface area (Å²) in [6, 6.07) is 1.91. The minimum atomic E-state index is 0.0127. The van der Waals surface area contributed by atoms with Crippen molar-refractivity contribution >= 4 is 5.91 Å². The Balaban J connectivity index is 2.08. The van der Waals surface area contributed by atoms with E-state index >= 15 is 0 Å². The average Bonchev–Trinajstić information content (AvgIpc) is 2.69. The highest BCUT2D eigenvalue weighted by molar-refractivity contribution is 5.94. The zero-order valence-corrected chi connectivity index (χ0v) is 8.95. The summed E-state index contributed by atoms with van der Waals surface area (Å²) in [6.07, 6.45) is 2.87. The molecule has 1 N–H and O–H groups in total. The van der Waals surface area contributed by atoms with Crippen molar-refractivity contribution < 1.29 is 9.53 Å². The normalized spacial score (nSPS) is 14.7. The number of amides is 1. The summed E-state index contributed by atoms with van der Waals surface area (Å²) in [7, 11) is 0. The monoisotopic (exact) mass is 208 g/mol. The van der Waals surface area contributed by atoms with Crippen molar-refractivity contribution in [2.75, 3.05) is 13.2 Å². The van der Waals surface area contributed by atoms with Crippen LogP contribution in [-0.4, -0.2) is 23.6 Å². The van der Waals surface area contributed by atoms with Gasteiger partial charge in [0.2, 0.25) is 0 Å². The van der Waals surface area contributed by atoms with Crippen LogP contribution in [0.25, 0.3) is 0 Å². The fraction of sp³-hybridized carbons (Fsp3) is 0.545. The number of ether oxygens (including phenoxy) is 1. The molecule has 0 saturated carbocycles. The van der Waals surface area contributed by atoms with E-state index in [1.54, 1.807) is 0 Å². The van der Waals surface area contributed by atoms with Crippen LogP contribution >= 0.6 is 0 Å². The smallest absolute Gasteiger partial charge is 0.252 e. The Morgan fingerprint density at radius 2 is 2.53 bits per heavy atom. The largest absolute Gasteiger partial charge is 0.373 e. The van der Waals surface area contributed by atoms with Gasteiger partial charge in [0.15, 0.2) is 0 Å². The predicted molar refractivity (Wildman–Crippen MR) is 56.7 cm³/mol. The molecule has 0 fully saturated rings.